The highest BCUT2D eigenvalue weighted by atomic mass is 19.1. The highest BCUT2D eigenvalue weighted by molar-refractivity contribution is 5.22. The molecule has 1 atom stereocenters. The van der Waals surface area contributed by atoms with E-state index in [1.165, 1.54) is 12.1 Å². The van der Waals surface area contributed by atoms with Crippen LogP contribution in [0.3, 0.4) is 0 Å². The predicted molar refractivity (Wildman–Crippen MR) is 59.6 cm³/mol. The lowest BCUT2D eigenvalue weighted by molar-refractivity contribution is 0.236. The fraction of sp³-hybridized carbons (Fsp3) is 0.417. The van der Waals surface area contributed by atoms with Crippen LogP contribution in [0.4, 0.5) is 4.39 Å². The molecule has 86 valence electrons. The van der Waals surface area contributed by atoms with Crippen molar-refractivity contribution in [1.29, 1.82) is 5.26 Å². The lowest BCUT2D eigenvalue weighted by Crippen LogP contribution is -2.46. The van der Waals surface area contributed by atoms with Gasteiger partial charge in [0.1, 0.15) is 23.7 Å². The molecule has 1 aromatic rings. The van der Waals surface area contributed by atoms with E-state index >= 15 is 0 Å². The van der Waals surface area contributed by atoms with Crippen LogP contribution in [0, 0.1) is 17.1 Å². The van der Waals surface area contributed by atoms with Crippen LogP contribution < -0.4 is 10.1 Å². The van der Waals surface area contributed by atoms with Crippen LogP contribution in [0.2, 0.25) is 0 Å². The standard InChI is InChI=1S/C12H15FN2O/c1-3-15-12(2,8-14)9-16-11-6-4-10(13)5-7-11/h4-7,15H,3,9H2,1-2H3. The molecule has 3 nitrogen and oxygen atoms in total. The van der Waals surface area contributed by atoms with E-state index in [4.69, 9.17) is 10.00 Å². The molecule has 0 aliphatic heterocycles. The zero-order valence-electron chi connectivity index (χ0n) is 9.46. The van der Waals surface area contributed by atoms with Crippen molar-refractivity contribution in [3.63, 3.8) is 0 Å². The molecule has 0 bridgehead atoms. The second-order valence-electron chi connectivity index (χ2n) is 3.72. The van der Waals surface area contributed by atoms with E-state index in [1.807, 2.05) is 6.92 Å². The van der Waals surface area contributed by atoms with Crippen molar-refractivity contribution in [1.82, 2.24) is 5.32 Å². The zero-order chi connectivity index (χ0) is 12.0. The highest BCUT2D eigenvalue weighted by Gasteiger charge is 2.23. The molecule has 0 fully saturated rings. The summed E-state index contributed by atoms with van der Waals surface area (Å²) >= 11 is 0. The Morgan fingerprint density at radius 3 is 2.56 bits per heavy atom. The van der Waals surface area contributed by atoms with Gasteiger partial charge in [0.15, 0.2) is 0 Å². The number of rotatable bonds is 5. The Morgan fingerprint density at radius 1 is 1.44 bits per heavy atom. The summed E-state index contributed by atoms with van der Waals surface area (Å²) in [5, 5.41) is 12.0. The maximum atomic E-state index is 12.6. The van der Waals surface area contributed by atoms with Crippen LogP contribution in [0.1, 0.15) is 13.8 Å². The third-order valence-corrected chi connectivity index (χ3v) is 2.15. The lowest BCUT2D eigenvalue weighted by Gasteiger charge is -2.22. The number of nitriles is 1. The van der Waals surface area contributed by atoms with E-state index in [-0.39, 0.29) is 12.4 Å². The zero-order valence-corrected chi connectivity index (χ0v) is 9.46. The van der Waals surface area contributed by atoms with E-state index in [0.717, 1.165) is 0 Å². The van der Waals surface area contributed by atoms with Crippen molar-refractivity contribution in [3.8, 4) is 11.8 Å². The van der Waals surface area contributed by atoms with Crippen molar-refractivity contribution in [2.45, 2.75) is 19.4 Å². The van der Waals surface area contributed by atoms with Gasteiger partial charge in [0.25, 0.3) is 0 Å². The topological polar surface area (TPSA) is 45.0 Å². The summed E-state index contributed by atoms with van der Waals surface area (Å²) < 4.78 is 18.0. The molecule has 0 radical (unpaired) electrons. The van der Waals surface area contributed by atoms with Gasteiger partial charge in [-0.25, -0.2) is 4.39 Å². The third-order valence-electron chi connectivity index (χ3n) is 2.15. The van der Waals surface area contributed by atoms with Crippen LogP contribution in [-0.2, 0) is 0 Å². The molecule has 1 N–H and O–H groups in total. The van der Waals surface area contributed by atoms with Gasteiger partial charge in [0.05, 0.1) is 6.07 Å². The first-order valence-electron chi connectivity index (χ1n) is 5.14. The molecule has 1 unspecified atom stereocenters. The maximum absolute atomic E-state index is 12.6. The van der Waals surface area contributed by atoms with Gasteiger partial charge in [-0.3, -0.25) is 5.32 Å². The lowest BCUT2D eigenvalue weighted by atomic mass is 10.1. The van der Waals surface area contributed by atoms with Crippen LogP contribution in [0.5, 0.6) is 5.75 Å². The van der Waals surface area contributed by atoms with Crippen LogP contribution in [-0.4, -0.2) is 18.7 Å². The average Bonchev–Trinajstić information content (AvgIpc) is 2.29. The number of ether oxygens (including phenoxy) is 1. The Labute approximate surface area is 94.8 Å². The first kappa shape index (κ1) is 12.5. The second kappa shape index (κ2) is 5.47. The molecule has 4 heteroatoms. The first-order valence-corrected chi connectivity index (χ1v) is 5.14. The molecule has 1 rings (SSSR count). The third kappa shape index (κ3) is 3.52. The van der Waals surface area contributed by atoms with Crippen LogP contribution in [0.25, 0.3) is 0 Å². The Morgan fingerprint density at radius 2 is 2.06 bits per heavy atom. The molecule has 0 saturated heterocycles. The summed E-state index contributed by atoms with van der Waals surface area (Å²) in [5.74, 6) is 0.253. The van der Waals surface area contributed by atoms with Gasteiger partial charge in [-0.05, 0) is 37.7 Å². The summed E-state index contributed by atoms with van der Waals surface area (Å²) in [7, 11) is 0. The number of nitrogens with one attached hydrogen (secondary N) is 1. The minimum Gasteiger partial charge on any atom is -0.491 e. The molecule has 0 saturated carbocycles. The number of hydrogen-bond donors (Lipinski definition) is 1. The SMILES string of the molecule is CCNC(C)(C#N)COc1ccc(F)cc1. The van der Waals surface area contributed by atoms with Gasteiger partial charge in [-0.2, -0.15) is 5.26 Å². The van der Waals surface area contributed by atoms with Crippen molar-refractivity contribution in [3.05, 3.63) is 30.1 Å². The molecule has 0 aliphatic rings. The van der Waals surface area contributed by atoms with E-state index in [2.05, 4.69) is 11.4 Å². The van der Waals surface area contributed by atoms with Crippen LogP contribution >= 0.6 is 0 Å². The van der Waals surface area contributed by atoms with E-state index in [9.17, 15) is 4.39 Å². The van der Waals surface area contributed by atoms with E-state index in [0.29, 0.717) is 12.3 Å². The largest absolute Gasteiger partial charge is 0.491 e. The number of likely N-dealkylation sites (N-methyl/N-ethyl adjacent to an activating group) is 1. The predicted octanol–water partition coefficient (Wildman–Crippen LogP) is 2.10. The van der Waals surface area contributed by atoms with Gasteiger partial charge < -0.3 is 4.74 Å². The van der Waals surface area contributed by atoms with Crippen molar-refractivity contribution < 1.29 is 9.13 Å². The van der Waals surface area contributed by atoms with E-state index < -0.39 is 5.54 Å². The number of nitrogens with zero attached hydrogens (tertiary/aromatic N) is 1. The Balaban J connectivity index is 2.56. The highest BCUT2D eigenvalue weighted by Crippen LogP contribution is 2.13. The Hall–Kier alpha value is -1.60. The molecule has 0 heterocycles. The normalized spacial score (nSPS) is 13.9. The van der Waals surface area contributed by atoms with E-state index in [1.54, 1.807) is 19.1 Å². The fourth-order valence-corrected chi connectivity index (χ4v) is 1.27. The quantitative estimate of drug-likeness (QED) is 0.829. The van der Waals surface area contributed by atoms with Crippen molar-refractivity contribution >= 4 is 0 Å². The van der Waals surface area contributed by atoms with Gasteiger partial charge in [-0.15, -0.1) is 0 Å². The fourth-order valence-electron chi connectivity index (χ4n) is 1.27. The Bertz CT molecular complexity index is 372. The van der Waals surface area contributed by atoms with Crippen LogP contribution in [0.15, 0.2) is 24.3 Å². The molecule has 1 aromatic carbocycles. The van der Waals surface area contributed by atoms with Gasteiger partial charge in [0.2, 0.25) is 0 Å². The first-order chi connectivity index (χ1) is 7.59. The monoisotopic (exact) mass is 222 g/mol. The summed E-state index contributed by atoms with van der Waals surface area (Å²) in [6.45, 7) is 4.60. The minimum atomic E-state index is -0.719. The minimum absolute atomic E-state index is 0.225. The summed E-state index contributed by atoms with van der Waals surface area (Å²) in [5.41, 5.74) is -0.719. The molecule has 0 spiro atoms. The maximum Gasteiger partial charge on any atom is 0.138 e. The van der Waals surface area contributed by atoms with Crippen molar-refractivity contribution in [2.24, 2.45) is 0 Å². The summed E-state index contributed by atoms with van der Waals surface area (Å²) in [6, 6.07) is 7.88. The smallest absolute Gasteiger partial charge is 0.138 e. The number of benzene rings is 1. The van der Waals surface area contributed by atoms with Gasteiger partial charge in [-0.1, -0.05) is 6.92 Å². The number of halogens is 1. The summed E-state index contributed by atoms with van der Waals surface area (Å²) in [4.78, 5) is 0. The van der Waals surface area contributed by atoms with Gasteiger partial charge >= 0.3 is 0 Å². The molecule has 0 aliphatic carbocycles. The molecular weight excluding hydrogens is 207 g/mol. The molecular formula is C12H15FN2O. The second-order valence-corrected chi connectivity index (χ2v) is 3.72. The summed E-state index contributed by atoms with van der Waals surface area (Å²) in [6.07, 6.45) is 0. The molecule has 0 amide bonds. The molecule has 0 aromatic heterocycles. The van der Waals surface area contributed by atoms with Crippen molar-refractivity contribution in [2.75, 3.05) is 13.2 Å². The Kier molecular flexibility index (Phi) is 4.27. The number of hydrogen-bond acceptors (Lipinski definition) is 3. The van der Waals surface area contributed by atoms with Gasteiger partial charge in [0, 0.05) is 0 Å². The molecule has 16 heavy (non-hydrogen) atoms. The average molecular weight is 222 g/mol.